The number of aryl methyl sites for hydroxylation is 1. The van der Waals surface area contributed by atoms with Crippen LogP contribution in [-0.4, -0.2) is 18.6 Å². The molecule has 1 aromatic heterocycles. The topological polar surface area (TPSA) is 21.3 Å². The molecule has 2 nitrogen and oxygen atoms in total. The summed E-state index contributed by atoms with van der Waals surface area (Å²) in [7, 11) is 0. The smallest absolute Gasteiger partial charge is 0.261 e. The van der Waals surface area contributed by atoms with Gasteiger partial charge in [0.15, 0.2) is 0 Å². The second kappa shape index (κ2) is 6.59. The van der Waals surface area contributed by atoms with Gasteiger partial charge >= 0.3 is 0 Å². The summed E-state index contributed by atoms with van der Waals surface area (Å²) < 4.78 is 28.9. The summed E-state index contributed by atoms with van der Waals surface area (Å²) in [5.74, 6) is 0. The highest BCUT2D eigenvalue weighted by Crippen LogP contribution is 2.23. The summed E-state index contributed by atoms with van der Waals surface area (Å²) in [6, 6.07) is 2.03. The van der Waals surface area contributed by atoms with Crippen molar-refractivity contribution in [2.24, 2.45) is 0 Å². The van der Waals surface area contributed by atoms with E-state index in [1.165, 1.54) is 4.88 Å². The number of hydrogen-bond acceptors (Lipinski definition) is 3. The molecule has 0 saturated heterocycles. The minimum atomic E-state index is -2.40. The highest BCUT2D eigenvalue weighted by Gasteiger charge is 2.11. The highest BCUT2D eigenvalue weighted by atomic mass is 32.1. The molecule has 0 radical (unpaired) electrons. The van der Waals surface area contributed by atoms with Crippen molar-refractivity contribution in [3.05, 3.63) is 21.4 Å². The van der Waals surface area contributed by atoms with E-state index in [1.54, 1.807) is 11.3 Å². The Morgan fingerprint density at radius 2 is 2.06 bits per heavy atom. The van der Waals surface area contributed by atoms with Gasteiger partial charge in [0.25, 0.3) is 6.43 Å². The van der Waals surface area contributed by atoms with Gasteiger partial charge in [-0.25, -0.2) is 8.78 Å². The van der Waals surface area contributed by atoms with E-state index in [0.29, 0.717) is 0 Å². The molecule has 0 saturated carbocycles. The van der Waals surface area contributed by atoms with Crippen molar-refractivity contribution in [3.8, 4) is 0 Å². The van der Waals surface area contributed by atoms with Crippen molar-refractivity contribution in [1.29, 1.82) is 0 Å². The molecule has 0 atom stereocenters. The number of rotatable bonds is 6. The minimum absolute atomic E-state index is 0.0736. The molecule has 5 heteroatoms. The lowest BCUT2D eigenvalue weighted by Gasteiger charge is -2.19. The van der Waals surface area contributed by atoms with Gasteiger partial charge in [0.2, 0.25) is 0 Å². The molecule has 0 aliphatic heterocycles. The van der Waals surface area contributed by atoms with Crippen LogP contribution < -0.4 is 5.32 Å². The molecule has 1 aromatic rings. The lowest BCUT2D eigenvalue weighted by molar-refractivity contribution is 0.00983. The lowest BCUT2D eigenvalue weighted by Crippen LogP contribution is -2.34. The molecule has 104 valence electrons. The number of thiophene rings is 1. The van der Waals surface area contributed by atoms with Gasteiger partial charge in [-0.15, -0.1) is 11.3 Å². The Morgan fingerprint density at radius 3 is 2.61 bits per heavy atom. The van der Waals surface area contributed by atoms with Crippen molar-refractivity contribution >= 4 is 11.3 Å². The monoisotopic (exact) mass is 277 g/mol. The van der Waals surface area contributed by atoms with Crippen LogP contribution in [0.5, 0.6) is 0 Å². The van der Waals surface area contributed by atoms with Gasteiger partial charge in [0.05, 0.1) is 6.61 Å². The summed E-state index contributed by atoms with van der Waals surface area (Å²) in [4.78, 5) is 2.34. The van der Waals surface area contributed by atoms with Gasteiger partial charge < -0.3 is 10.1 Å². The zero-order chi connectivity index (χ0) is 13.8. The Morgan fingerprint density at radius 1 is 1.39 bits per heavy atom. The quantitative estimate of drug-likeness (QED) is 0.855. The van der Waals surface area contributed by atoms with Gasteiger partial charge in [0, 0.05) is 21.8 Å². The Hall–Kier alpha value is -0.520. The molecule has 0 amide bonds. The fourth-order valence-electron chi connectivity index (χ4n) is 1.43. The van der Waals surface area contributed by atoms with Crippen molar-refractivity contribution in [3.63, 3.8) is 0 Å². The number of nitrogens with one attached hydrogen (secondary N) is 1. The Kier molecular flexibility index (Phi) is 5.69. The van der Waals surface area contributed by atoms with Crippen LogP contribution in [0.3, 0.4) is 0 Å². The van der Waals surface area contributed by atoms with Crippen LogP contribution in [0.4, 0.5) is 8.78 Å². The molecule has 0 bridgehead atoms. The summed E-state index contributed by atoms with van der Waals surface area (Å²) in [5, 5.41) is 3.40. The Labute approximate surface area is 111 Å². The van der Waals surface area contributed by atoms with Crippen LogP contribution in [0, 0.1) is 6.92 Å². The molecule has 0 aliphatic carbocycles. The van der Waals surface area contributed by atoms with E-state index >= 15 is 0 Å². The second-order valence-corrected chi connectivity index (χ2v) is 6.64. The van der Waals surface area contributed by atoms with Gasteiger partial charge in [-0.1, -0.05) is 0 Å². The number of hydrogen-bond donors (Lipinski definition) is 1. The van der Waals surface area contributed by atoms with Gasteiger partial charge in [0.1, 0.15) is 6.61 Å². The van der Waals surface area contributed by atoms with Crippen LogP contribution in [0.1, 0.15) is 36.1 Å². The van der Waals surface area contributed by atoms with Crippen molar-refractivity contribution in [2.45, 2.75) is 52.8 Å². The van der Waals surface area contributed by atoms with Gasteiger partial charge in [-0.3, -0.25) is 0 Å². The maximum Gasteiger partial charge on any atom is 0.261 e. The molecule has 0 unspecified atom stereocenters. The van der Waals surface area contributed by atoms with Crippen molar-refractivity contribution < 1.29 is 13.5 Å². The van der Waals surface area contributed by atoms with E-state index in [9.17, 15) is 8.78 Å². The first-order valence-corrected chi connectivity index (χ1v) is 6.78. The fourth-order valence-corrected chi connectivity index (χ4v) is 2.42. The van der Waals surface area contributed by atoms with Gasteiger partial charge in [-0.2, -0.15) is 0 Å². The maximum atomic E-state index is 12.0. The summed E-state index contributed by atoms with van der Waals surface area (Å²) >= 11 is 1.68. The summed E-state index contributed by atoms with van der Waals surface area (Å²) in [6.45, 7) is 8.89. The number of ether oxygens (including phenoxy) is 1. The zero-order valence-corrected chi connectivity index (χ0v) is 12.2. The molecule has 0 aromatic carbocycles. The standard InChI is InChI=1S/C13H21F2NOS/c1-9-10(7-17-8-12(14)15)5-11(18-9)6-16-13(2,3)4/h5,12,16H,6-8H2,1-4H3. The molecule has 1 heterocycles. The van der Waals surface area contributed by atoms with E-state index in [0.717, 1.165) is 17.0 Å². The molecule has 0 spiro atoms. The molecule has 18 heavy (non-hydrogen) atoms. The van der Waals surface area contributed by atoms with Crippen LogP contribution in [-0.2, 0) is 17.9 Å². The highest BCUT2D eigenvalue weighted by molar-refractivity contribution is 7.12. The van der Waals surface area contributed by atoms with Crippen molar-refractivity contribution in [1.82, 2.24) is 5.32 Å². The number of alkyl halides is 2. The van der Waals surface area contributed by atoms with E-state index in [-0.39, 0.29) is 12.1 Å². The fraction of sp³-hybridized carbons (Fsp3) is 0.692. The molecule has 0 fully saturated rings. The average molecular weight is 277 g/mol. The summed E-state index contributed by atoms with van der Waals surface area (Å²) in [6.07, 6.45) is -2.40. The minimum Gasteiger partial charge on any atom is -0.371 e. The third kappa shape index (κ3) is 5.89. The van der Waals surface area contributed by atoms with Crippen LogP contribution in [0.2, 0.25) is 0 Å². The molecular formula is C13H21F2NOS. The third-order valence-electron chi connectivity index (χ3n) is 2.37. The predicted octanol–water partition coefficient (Wildman–Crippen LogP) is 3.73. The average Bonchev–Trinajstić information content (AvgIpc) is 2.55. The Bertz CT molecular complexity index is 372. The van der Waals surface area contributed by atoms with E-state index in [1.807, 2.05) is 13.0 Å². The van der Waals surface area contributed by atoms with Crippen molar-refractivity contribution in [2.75, 3.05) is 6.61 Å². The molecule has 0 aliphatic rings. The molecule has 1 rings (SSSR count). The van der Waals surface area contributed by atoms with Crippen LogP contribution >= 0.6 is 11.3 Å². The first-order valence-electron chi connectivity index (χ1n) is 5.97. The SMILES string of the molecule is Cc1sc(CNC(C)(C)C)cc1COCC(F)F. The van der Waals surface area contributed by atoms with E-state index in [4.69, 9.17) is 4.74 Å². The van der Waals surface area contributed by atoms with Crippen LogP contribution in [0.15, 0.2) is 6.07 Å². The van der Waals surface area contributed by atoms with Crippen LogP contribution in [0.25, 0.3) is 0 Å². The predicted molar refractivity (Wildman–Crippen MR) is 71.3 cm³/mol. The first kappa shape index (κ1) is 15.5. The largest absolute Gasteiger partial charge is 0.371 e. The van der Waals surface area contributed by atoms with Gasteiger partial charge in [-0.05, 0) is 39.3 Å². The first-order chi connectivity index (χ1) is 8.28. The lowest BCUT2D eigenvalue weighted by atomic mass is 10.1. The van der Waals surface area contributed by atoms with E-state index in [2.05, 4.69) is 26.1 Å². The Balaban J connectivity index is 2.48. The normalized spacial score (nSPS) is 12.4. The summed E-state index contributed by atoms with van der Waals surface area (Å²) in [5.41, 5.74) is 1.08. The van der Waals surface area contributed by atoms with E-state index < -0.39 is 13.0 Å². The third-order valence-corrected chi connectivity index (χ3v) is 3.46. The maximum absolute atomic E-state index is 12.0. The molecule has 1 N–H and O–H groups in total. The second-order valence-electron chi connectivity index (χ2n) is 5.30. The number of halogens is 2. The molecular weight excluding hydrogens is 256 g/mol. The zero-order valence-electron chi connectivity index (χ0n) is 11.3.